The molecule has 0 bridgehead atoms. The van der Waals surface area contributed by atoms with Crippen LogP contribution in [0.5, 0.6) is 5.75 Å². The maximum atomic E-state index is 14.0. The van der Waals surface area contributed by atoms with Crippen molar-refractivity contribution in [1.82, 2.24) is 20.5 Å². The van der Waals surface area contributed by atoms with Gasteiger partial charge in [-0.1, -0.05) is 69.3 Å². The number of nitrogens with zero attached hydrogens (tertiary/aromatic N) is 5. The Morgan fingerprint density at radius 2 is 1.59 bits per heavy atom. The number of carbonyl (C=O) groups is 5. The standard InChI is InChI=1S/C54H58F3N7O9S/c1-33-46(74-32-60-33)36-13-11-34(12-14-36)29-59-48(67)44-27-41(65)30-62(44)49(68)47(52(2,3)4)61-45(66)31-72-22-8-21-71-23-24-73-42-10-7-9-37(25-42)35-15-18-39(19-16-35)64-51(70)63(50(69)53(64,5)6)40-20-17-38(28-58)43(26-40)54(55,56)57/h7,9-20,25-26,32,41,44,47,65H,8,21-24,27,29-31H2,1-6H3,(H,59,67)(H,61,66)/t41-,44+,47-/m1/s1. The molecule has 0 unspecified atom stereocenters. The minimum atomic E-state index is -4.88. The highest BCUT2D eigenvalue weighted by molar-refractivity contribution is 7.13. The van der Waals surface area contributed by atoms with E-state index < -0.39 is 76.1 Å². The number of ether oxygens (including phenoxy) is 3. The number of hydrogen-bond acceptors (Lipinski definition) is 12. The Kier molecular flexibility index (Phi) is 16.9. The van der Waals surface area contributed by atoms with Crippen LogP contribution in [0, 0.1) is 23.7 Å². The molecule has 7 rings (SSSR count). The lowest BCUT2D eigenvalue weighted by atomic mass is 9.85. The summed E-state index contributed by atoms with van der Waals surface area (Å²) in [6, 6.07) is 23.3. The minimum absolute atomic E-state index is 0.0457. The van der Waals surface area contributed by atoms with Gasteiger partial charge < -0.3 is 34.9 Å². The van der Waals surface area contributed by atoms with Crippen molar-refractivity contribution < 1.29 is 56.5 Å². The van der Waals surface area contributed by atoms with Gasteiger partial charge in [0.2, 0.25) is 17.7 Å². The van der Waals surface area contributed by atoms with E-state index in [-0.39, 0.29) is 51.6 Å². The van der Waals surface area contributed by atoms with Crippen molar-refractivity contribution in [2.75, 3.05) is 49.4 Å². The number of rotatable bonds is 19. The SMILES string of the molecule is Cc1ncsc1-c1ccc(CNC(=O)[C@@H]2C[C@@H](O)CN2C(=O)[C@@H](NC(=O)COCCCOCCOc2cccc(-c3ccc(N4C(=O)N(c5ccc(C#N)c(C(F)(F)F)c5)C(=O)C4(C)C)cc3)c2)C(C)(C)C)cc1. The Labute approximate surface area is 431 Å². The minimum Gasteiger partial charge on any atom is -0.491 e. The molecule has 2 saturated heterocycles. The summed E-state index contributed by atoms with van der Waals surface area (Å²) in [4.78, 5) is 76.3. The number of β-amino-alcohol motifs (C(OH)–C–C–N with tert-alkyl or cyclic N) is 1. The molecule has 0 saturated carbocycles. The number of aliphatic hydroxyl groups excluding tert-OH is 1. The predicted octanol–water partition coefficient (Wildman–Crippen LogP) is 8.04. The van der Waals surface area contributed by atoms with Crippen LogP contribution in [0.3, 0.4) is 0 Å². The van der Waals surface area contributed by atoms with Crippen LogP contribution >= 0.6 is 11.3 Å². The van der Waals surface area contributed by atoms with Crippen LogP contribution in [0.25, 0.3) is 21.6 Å². The van der Waals surface area contributed by atoms with E-state index in [0.717, 1.165) is 45.0 Å². The summed E-state index contributed by atoms with van der Waals surface area (Å²) in [5, 5.41) is 25.5. The average Bonchev–Trinajstić information content (AvgIpc) is 4.03. The number of hydrogen-bond donors (Lipinski definition) is 3. The molecule has 3 atom stereocenters. The molecule has 1 aromatic heterocycles. The fourth-order valence-corrected chi connectivity index (χ4v) is 9.57. The number of thiazole rings is 1. The number of nitrogens with one attached hydrogen (secondary N) is 2. The van der Waals surface area contributed by atoms with Gasteiger partial charge in [0.25, 0.3) is 5.91 Å². The molecule has 2 aliphatic heterocycles. The van der Waals surface area contributed by atoms with Crippen molar-refractivity contribution in [3.8, 4) is 33.4 Å². The van der Waals surface area contributed by atoms with E-state index in [4.69, 9.17) is 14.2 Å². The molecule has 0 radical (unpaired) electrons. The van der Waals surface area contributed by atoms with Crippen LogP contribution < -0.4 is 25.2 Å². The van der Waals surface area contributed by atoms with Gasteiger partial charge in [0.05, 0.1) is 51.7 Å². The molecule has 20 heteroatoms. The lowest BCUT2D eigenvalue weighted by Crippen LogP contribution is -2.58. The van der Waals surface area contributed by atoms with Gasteiger partial charge in [-0.25, -0.2) is 14.7 Å². The number of benzene rings is 4. The number of nitriles is 1. The number of aromatic nitrogens is 1. The summed E-state index contributed by atoms with van der Waals surface area (Å²) in [6.45, 7) is 11.3. The zero-order chi connectivity index (χ0) is 53.5. The van der Waals surface area contributed by atoms with E-state index in [1.54, 1.807) is 68.0 Å². The second-order valence-corrected chi connectivity index (χ2v) is 20.4. The maximum Gasteiger partial charge on any atom is 0.417 e. The number of alkyl halides is 3. The van der Waals surface area contributed by atoms with Crippen LogP contribution in [-0.4, -0.2) is 108 Å². The van der Waals surface area contributed by atoms with Crippen molar-refractivity contribution in [3.05, 3.63) is 119 Å². The van der Waals surface area contributed by atoms with E-state index in [1.807, 2.05) is 49.4 Å². The molecular formula is C54H58F3N7O9S. The summed E-state index contributed by atoms with van der Waals surface area (Å²) >= 11 is 1.56. The van der Waals surface area contributed by atoms with E-state index in [9.17, 15) is 47.5 Å². The molecule has 6 amide bonds. The normalized spacial score (nSPS) is 17.1. The van der Waals surface area contributed by atoms with Gasteiger partial charge in [0, 0.05) is 38.4 Å². The number of aliphatic hydroxyl groups is 1. The van der Waals surface area contributed by atoms with Crippen molar-refractivity contribution in [1.29, 1.82) is 5.26 Å². The Bertz CT molecular complexity index is 2900. The first-order valence-electron chi connectivity index (χ1n) is 23.9. The summed E-state index contributed by atoms with van der Waals surface area (Å²) in [6.07, 6.45) is -5.24. The molecule has 2 fully saturated rings. The Hall–Kier alpha value is -7.18. The van der Waals surface area contributed by atoms with Gasteiger partial charge in [0.1, 0.15) is 36.6 Å². The number of anilines is 2. The number of likely N-dealkylation sites (tertiary alicyclic amines) is 1. The lowest BCUT2D eigenvalue weighted by Gasteiger charge is -2.35. The zero-order valence-corrected chi connectivity index (χ0v) is 42.6. The highest BCUT2D eigenvalue weighted by Crippen LogP contribution is 2.40. The van der Waals surface area contributed by atoms with E-state index in [1.165, 1.54) is 29.7 Å². The van der Waals surface area contributed by atoms with Crippen LogP contribution in [0.2, 0.25) is 0 Å². The van der Waals surface area contributed by atoms with Crippen LogP contribution in [-0.2, 0) is 41.4 Å². The molecule has 3 N–H and O–H groups in total. The number of urea groups is 1. The third-order valence-corrected chi connectivity index (χ3v) is 13.6. The summed E-state index contributed by atoms with van der Waals surface area (Å²) in [7, 11) is 0. The summed E-state index contributed by atoms with van der Waals surface area (Å²) < 4.78 is 58.4. The zero-order valence-electron chi connectivity index (χ0n) is 41.8. The van der Waals surface area contributed by atoms with E-state index >= 15 is 0 Å². The van der Waals surface area contributed by atoms with Gasteiger partial charge in [-0.2, -0.15) is 18.4 Å². The third kappa shape index (κ3) is 12.6. The van der Waals surface area contributed by atoms with E-state index in [0.29, 0.717) is 35.4 Å². The summed E-state index contributed by atoms with van der Waals surface area (Å²) in [5.74, 6) is -1.55. The lowest BCUT2D eigenvalue weighted by molar-refractivity contribution is -0.144. The Morgan fingerprint density at radius 1 is 0.905 bits per heavy atom. The number of halogens is 3. The highest BCUT2D eigenvalue weighted by atomic mass is 32.1. The van der Waals surface area contributed by atoms with Crippen LogP contribution in [0.15, 0.2) is 96.5 Å². The smallest absolute Gasteiger partial charge is 0.417 e. The summed E-state index contributed by atoms with van der Waals surface area (Å²) in [5.41, 5.74) is 2.18. The van der Waals surface area contributed by atoms with Gasteiger partial charge in [0.15, 0.2) is 0 Å². The fraction of sp³-hybridized carbons (Fsp3) is 0.389. The molecule has 0 aliphatic carbocycles. The first-order chi connectivity index (χ1) is 35.1. The van der Waals surface area contributed by atoms with Crippen LogP contribution in [0.4, 0.5) is 29.3 Å². The molecule has 5 aromatic rings. The average molecular weight is 1040 g/mol. The number of amides is 6. The Balaban J connectivity index is 0.823. The number of carbonyl (C=O) groups excluding carboxylic acids is 5. The van der Waals surface area contributed by atoms with Crippen molar-refractivity contribution >= 4 is 52.4 Å². The number of aryl methyl sites for hydroxylation is 1. The first kappa shape index (κ1) is 54.6. The molecule has 3 heterocycles. The molecule has 390 valence electrons. The van der Waals surface area contributed by atoms with Crippen molar-refractivity contribution in [2.45, 2.75) is 90.8 Å². The second kappa shape index (κ2) is 22.9. The molecule has 74 heavy (non-hydrogen) atoms. The molecule has 2 aliphatic rings. The van der Waals surface area contributed by atoms with Crippen LogP contribution in [0.1, 0.15) is 69.8 Å². The molecule has 4 aromatic carbocycles. The van der Waals surface area contributed by atoms with Gasteiger partial charge >= 0.3 is 12.2 Å². The Morgan fingerprint density at radius 3 is 2.26 bits per heavy atom. The monoisotopic (exact) mass is 1040 g/mol. The first-order valence-corrected chi connectivity index (χ1v) is 24.8. The second-order valence-electron chi connectivity index (χ2n) is 19.5. The largest absolute Gasteiger partial charge is 0.491 e. The highest BCUT2D eigenvalue weighted by Gasteiger charge is 2.53. The van der Waals surface area contributed by atoms with Gasteiger partial charge in [-0.15, -0.1) is 11.3 Å². The molecule has 0 spiro atoms. The van der Waals surface area contributed by atoms with Gasteiger partial charge in [-0.3, -0.25) is 24.1 Å². The topological polar surface area (TPSA) is 204 Å². The van der Waals surface area contributed by atoms with Gasteiger partial charge in [-0.05, 0) is 97.3 Å². The third-order valence-electron chi connectivity index (χ3n) is 12.7. The predicted molar refractivity (Wildman–Crippen MR) is 271 cm³/mol. The maximum absolute atomic E-state index is 14.0. The van der Waals surface area contributed by atoms with Crippen molar-refractivity contribution in [3.63, 3.8) is 0 Å². The quantitative estimate of drug-likeness (QED) is 0.0534. The van der Waals surface area contributed by atoms with Crippen molar-refractivity contribution in [2.24, 2.45) is 5.41 Å². The fourth-order valence-electron chi connectivity index (χ4n) is 8.76. The number of imide groups is 1. The van der Waals surface area contributed by atoms with E-state index in [2.05, 4.69) is 15.6 Å². The molecular weight excluding hydrogens is 980 g/mol. The molecule has 16 nitrogen and oxygen atoms in total.